The topological polar surface area (TPSA) is 46.3 Å². The van der Waals surface area contributed by atoms with Crippen molar-refractivity contribution in [2.75, 3.05) is 6.54 Å². The number of carbonyl (C=O) groups is 1. The number of rotatable bonds is 5. The molecule has 0 aliphatic rings. The van der Waals surface area contributed by atoms with E-state index < -0.39 is 24.7 Å². The van der Waals surface area contributed by atoms with Gasteiger partial charge in [0.05, 0.1) is 12.6 Å². The lowest BCUT2D eigenvalue weighted by Gasteiger charge is -2.32. The van der Waals surface area contributed by atoms with Crippen LogP contribution in [-0.4, -0.2) is 35.6 Å². The summed E-state index contributed by atoms with van der Waals surface area (Å²) >= 11 is 0. The van der Waals surface area contributed by atoms with Crippen LogP contribution in [0.25, 0.3) is 0 Å². The van der Waals surface area contributed by atoms with Crippen LogP contribution in [0.4, 0.5) is 13.2 Å². The maximum Gasteiger partial charge on any atom is 0.401 e. The smallest absolute Gasteiger partial charge is 0.368 e. The standard InChI is InChI=1S/C9H17F3N2O/c1-4-7(8(13)15)14(6(2)3)5-9(10,11)12/h6-7H,4-5H2,1-3H3,(H2,13,15). The van der Waals surface area contributed by atoms with Crippen molar-refractivity contribution in [3.05, 3.63) is 0 Å². The summed E-state index contributed by atoms with van der Waals surface area (Å²) in [7, 11) is 0. The number of primary amides is 1. The molecule has 3 nitrogen and oxygen atoms in total. The number of halogens is 3. The number of amides is 1. The van der Waals surface area contributed by atoms with Gasteiger partial charge < -0.3 is 5.73 Å². The Morgan fingerprint density at radius 3 is 2.07 bits per heavy atom. The van der Waals surface area contributed by atoms with Gasteiger partial charge in [-0.1, -0.05) is 6.92 Å². The van der Waals surface area contributed by atoms with Gasteiger partial charge in [-0.25, -0.2) is 0 Å². The minimum absolute atomic E-state index is 0.281. The summed E-state index contributed by atoms with van der Waals surface area (Å²) < 4.78 is 36.7. The van der Waals surface area contributed by atoms with Crippen LogP contribution in [0, 0.1) is 0 Å². The second-order valence-corrected chi connectivity index (χ2v) is 3.71. The number of carbonyl (C=O) groups excluding carboxylic acids is 1. The fraction of sp³-hybridized carbons (Fsp3) is 0.889. The maximum absolute atomic E-state index is 12.2. The van der Waals surface area contributed by atoms with Gasteiger partial charge in [0.1, 0.15) is 0 Å². The Balaban J connectivity index is 4.71. The fourth-order valence-electron chi connectivity index (χ4n) is 1.46. The van der Waals surface area contributed by atoms with E-state index in [0.717, 1.165) is 4.90 Å². The molecule has 0 aromatic carbocycles. The largest absolute Gasteiger partial charge is 0.401 e. The average molecular weight is 226 g/mol. The summed E-state index contributed by atoms with van der Waals surface area (Å²) in [6.45, 7) is 3.75. The molecular weight excluding hydrogens is 209 g/mol. The molecule has 0 saturated heterocycles. The summed E-state index contributed by atoms with van der Waals surface area (Å²) in [5, 5.41) is 0. The first-order valence-electron chi connectivity index (χ1n) is 4.80. The molecule has 0 aliphatic heterocycles. The fourth-order valence-corrected chi connectivity index (χ4v) is 1.46. The predicted octanol–water partition coefficient (Wildman–Crippen LogP) is 1.52. The van der Waals surface area contributed by atoms with E-state index in [0.29, 0.717) is 0 Å². The highest BCUT2D eigenvalue weighted by Gasteiger charge is 2.36. The highest BCUT2D eigenvalue weighted by molar-refractivity contribution is 5.79. The lowest BCUT2D eigenvalue weighted by atomic mass is 10.1. The quantitative estimate of drug-likeness (QED) is 0.772. The second kappa shape index (κ2) is 5.34. The van der Waals surface area contributed by atoms with Crippen LogP contribution in [0.2, 0.25) is 0 Å². The van der Waals surface area contributed by atoms with Crippen LogP contribution in [-0.2, 0) is 4.79 Å². The summed E-state index contributed by atoms with van der Waals surface area (Å²) in [5.74, 6) is -0.713. The molecule has 1 unspecified atom stereocenters. The molecule has 0 fully saturated rings. The summed E-state index contributed by atoms with van der Waals surface area (Å²) in [4.78, 5) is 12.0. The zero-order chi connectivity index (χ0) is 12.2. The van der Waals surface area contributed by atoms with Gasteiger partial charge in [0.25, 0.3) is 0 Å². The molecule has 1 atom stereocenters. The summed E-state index contributed by atoms with van der Waals surface area (Å²) in [5.41, 5.74) is 5.06. The van der Waals surface area contributed by atoms with Gasteiger partial charge in [-0.3, -0.25) is 9.69 Å². The monoisotopic (exact) mass is 226 g/mol. The highest BCUT2D eigenvalue weighted by atomic mass is 19.4. The Morgan fingerprint density at radius 2 is 1.87 bits per heavy atom. The molecule has 0 aromatic heterocycles. The van der Waals surface area contributed by atoms with Crippen LogP contribution in [0.5, 0.6) is 0 Å². The highest BCUT2D eigenvalue weighted by Crippen LogP contribution is 2.20. The van der Waals surface area contributed by atoms with Crippen molar-refractivity contribution in [1.82, 2.24) is 4.90 Å². The zero-order valence-corrected chi connectivity index (χ0v) is 9.14. The Kier molecular flexibility index (Phi) is 5.07. The van der Waals surface area contributed by atoms with E-state index in [4.69, 9.17) is 5.73 Å². The van der Waals surface area contributed by atoms with E-state index >= 15 is 0 Å². The molecule has 0 radical (unpaired) electrons. The first kappa shape index (κ1) is 14.2. The van der Waals surface area contributed by atoms with E-state index in [-0.39, 0.29) is 12.5 Å². The number of alkyl halides is 3. The number of nitrogens with zero attached hydrogens (tertiary/aromatic N) is 1. The minimum Gasteiger partial charge on any atom is -0.368 e. The van der Waals surface area contributed by atoms with Crippen LogP contribution >= 0.6 is 0 Å². The van der Waals surface area contributed by atoms with Crippen molar-refractivity contribution in [2.24, 2.45) is 5.73 Å². The SMILES string of the molecule is CCC(C(N)=O)N(CC(F)(F)F)C(C)C. The molecule has 0 bridgehead atoms. The molecule has 0 spiro atoms. The van der Waals surface area contributed by atoms with Crippen molar-refractivity contribution >= 4 is 5.91 Å². The lowest BCUT2D eigenvalue weighted by molar-refractivity contribution is -0.158. The van der Waals surface area contributed by atoms with Crippen molar-refractivity contribution in [2.45, 2.75) is 45.5 Å². The number of hydrogen-bond acceptors (Lipinski definition) is 2. The Labute approximate surface area is 87.4 Å². The first-order valence-corrected chi connectivity index (χ1v) is 4.80. The Morgan fingerprint density at radius 1 is 1.40 bits per heavy atom. The summed E-state index contributed by atoms with van der Waals surface area (Å²) in [6.07, 6.45) is -4.03. The third-order valence-electron chi connectivity index (χ3n) is 2.14. The molecule has 15 heavy (non-hydrogen) atoms. The van der Waals surface area contributed by atoms with Gasteiger partial charge in [-0.15, -0.1) is 0 Å². The van der Waals surface area contributed by atoms with Crippen LogP contribution in [0.15, 0.2) is 0 Å². The van der Waals surface area contributed by atoms with Gasteiger partial charge in [0.2, 0.25) is 5.91 Å². The zero-order valence-electron chi connectivity index (χ0n) is 9.14. The number of nitrogens with two attached hydrogens (primary N) is 1. The van der Waals surface area contributed by atoms with Crippen molar-refractivity contribution in [1.29, 1.82) is 0 Å². The predicted molar refractivity (Wildman–Crippen MR) is 51.2 cm³/mol. The molecule has 0 rings (SSSR count). The molecule has 0 aliphatic carbocycles. The van der Waals surface area contributed by atoms with E-state index in [1.807, 2.05) is 0 Å². The average Bonchev–Trinajstić information content (AvgIpc) is 2.00. The van der Waals surface area contributed by atoms with Gasteiger partial charge in [-0.2, -0.15) is 13.2 Å². The molecule has 90 valence electrons. The molecule has 0 saturated carbocycles. The molecule has 0 aromatic rings. The van der Waals surface area contributed by atoms with Crippen molar-refractivity contribution in [3.63, 3.8) is 0 Å². The first-order chi connectivity index (χ1) is 6.69. The Hall–Kier alpha value is -0.780. The van der Waals surface area contributed by atoms with Crippen LogP contribution < -0.4 is 5.73 Å². The van der Waals surface area contributed by atoms with E-state index in [1.54, 1.807) is 20.8 Å². The molecule has 0 heterocycles. The Bertz CT molecular complexity index is 216. The van der Waals surface area contributed by atoms with Crippen LogP contribution in [0.1, 0.15) is 27.2 Å². The third kappa shape index (κ3) is 5.01. The molecule has 1 amide bonds. The molecule has 2 N–H and O–H groups in total. The number of hydrogen-bond donors (Lipinski definition) is 1. The maximum atomic E-state index is 12.2. The third-order valence-corrected chi connectivity index (χ3v) is 2.14. The molecular formula is C9H17F3N2O. The van der Waals surface area contributed by atoms with Gasteiger partial charge >= 0.3 is 6.18 Å². The van der Waals surface area contributed by atoms with Gasteiger partial charge in [0, 0.05) is 6.04 Å². The van der Waals surface area contributed by atoms with Gasteiger partial charge in [0.15, 0.2) is 0 Å². The van der Waals surface area contributed by atoms with E-state index in [1.165, 1.54) is 0 Å². The lowest BCUT2D eigenvalue weighted by Crippen LogP contribution is -2.51. The second-order valence-electron chi connectivity index (χ2n) is 3.71. The normalized spacial score (nSPS) is 14.7. The van der Waals surface area contributed by atoms with Crippen molar-refractivity contribution in [3.8, 4) is 0 Å². The summed E-state index contributed by atoms with van der Waals surface area (Å²) in [6, 6.07) is -1.23. The van der Waals surface area contributed by atoms with E-state index in [9.17, 15) is 18.0 Å². The van der Waals surface area contributed by atoms with Crippen LogP contribution in [0.3, 0.4) is 0 Å². The van der Waals surface area contributed by atoms with Crippen molar-refractivity contribution < 1.29 is 18.0 Å². The minimum atomic E-state index is -4.31. The molecule has 6 heteroatoms. The van der Waals surface area contributed by atoms with E-state index in [2.05, 4.69) is 0 Å². The van der Waals surface area contributed by atoms with Gasteiger partial charge in [-0.05, 0) is 20.3 Å².